The maximum Gasteiger partial charge on any atom is 0.309 e. The zero-order chi connectivity index (χ0) is 10.8. The number of ether oxygens (including phenoxy) is 1. The number of hydrogen-bond donors (Lipinski definition) is 1. The molecule has 2 rings (SSSR count). The number of esters is 1. The van der Waals surface area contributed by atoms with Crippen LogP contribution in [-0.2, 0) is 9.53 Å². The molecule has 4 nitrogen and oxygen atoms in total. The van der Waals surface area contributed by atoms with Crippen molar-refractivity contribution in [2.45, 2.75) is 6.42 Å². The molecule has 2 unspecified atom stereocenters. The van der Waals surface area contributed by atoms with Crippen molar-refractivity contribution >= 4 is 5.97 Å². The molecule has 1 heterocycles. The van der Waals surface area contributed by atoms with Gasteiger partial charge in [0.05, 0.1) is 13.0 Å². The van der Waals surface area contributed by atoms with Crippen LogP contribution in [0.2, 0.25) is 0 Å². The highest BCUT2D eigenvalue weighted by atomic mass is 16.5. The van der Waals surface area contributed by atoms with Crippen LogP contribution in [0.15, 0.2) is 0 Å². The third-order valence-electron chi connectivity index (χ3n) is 3.64. The van der Waals surface area contributed by atoms with E-state index in [9.17, 15) is 4.79 Å². The van der Waals surface area contributed by atoms with Gasteiger partial charge in [-0.2, -0.15) is 0 Å². The molecule has 15 heavy (non-hydrogen) atoms. The van der Waals surface area contributed by atoms with Crippen molar-refractivity contribution in [2.24, 2.45) is 17.8 Å². The van der Waals surface area contributed by atoms with Crippen LogP contribution >= 0.6 is 0 Å². The van der Waals surface area contributed by atoms with E-state index in [1.54, 1.807) is 0 Å². The van der Waals surface area contributed by atoms with Crippen molar-refractivity contribution in [1.82, 2.24) is 10.2 Å². The number of piperidine rings is 1. The summed E-state index contributed by atoms with van der Waals surface area (Å²) >= 11 is 0. The van der Waals surface area contributed by atoms with Crippen LogP contribution in [0.25, 0.3) is 0 Å². The second-order valence-corrected chi connectivity index (χ2v) is 4.59. The normalized spacial score (nSPS) is 33.9. The lowest BCUT2D eigenvalue weighted by Gasteiger charge is -2.18. The van der Waals surface area contributed by atoms with Crippen molar-refractivity contribution in [3.63, 3.8) is 0 Å². The van der Waals surface area contributed by atoms with Crippen LogP contribution in [0.1, 0.15) is 6.42 Å². The fourth-order valence-electron chi connectivity index (χ4n) is 2.76. The summed E-state index contributed by atoms with van der Waals surface area (Å²) < 4.78 is 4.78. The Morgan fingerprint density at radius 3 is 2.67 bits per heavy atom. The highest BCUT2D eigenvalue weighted by molar-refractivity contribution is 5.76. The first-order valence-corrected chi connectivity index (χ1v) is 5.72. The summed E-state index contributed by atoms with van der Waals surface area (Å²) in [4.78, 5) is 13.8. The van der Waals surface area contributed by atoms with E-state index in [1.807, 2.05) is 7.05 Å². The summed E-state index contributed by atoms with van der Waals surface area (Å²) in [6, 6.07) is 0. The molecule has 1 saturated carbocycles. The number of nitrogens with zero attached hydrogens (tertiary/aromatic N) is 1. The molecule has 2 fully saturated rings. The Morgan fingerprint density at radius 2 is 2.13 bits per heavy atom. The molecule has 0 radical (unpaired) electrons. The monoisotopic (exact) mass is 212 g/mol. The largest absolute Gasteiger partial charge is 0.469 e. The van der Waals surface area contributed by atoms with Gasteiger partial charge in [-0.05, 0) is 38.4 Å². The summed E-state index contributed by atoms with van der Waals surface area (Å²) in [5, 5.41) is 3.15. The van der Waals surface area contributed by atoms with Crippen molar-refractivity contribution in [3.8, 4) is 0 Å². The van der Waals surface area contributed by atoms with E-state index in [-0.39, 0.29) is 11.9 Å². The quantitative estimate of drug-likeness (QED) is 0.512. The number of rotatable bonds is 5. The van der Waals surface area contributed by atoms with E-state index >= 15 is 0 Å². The Balaban J connectivity index is 1.67. The standard InChI is InChI=1S/C11H20N2O2/c1-12-4-3-5-13-6-8-9(7-13)10(8)11(14)15-2/h8-10,12H,3-7H2,1-2H3. The molecule has 0 bridgehead atoms. The highest BCUT2D eigenvalue weighted by Gasteiger charge is 2.59. The first-order valence-electron chi connectivity index (χ1n) is 5.72. The minimum absolute atomic E-state index is 0.000116. The maximum atomic E-state index is 11.3. The SMILES string of the molecule is CNCCCN1CC2C(C1)C2C(=O)OC. The third kappa shape index (κ3) is 2.16. The van der Waals surface area contributed by atoms with E-state index in [2.05, 4.69) is 10.2 Å². The van der Waals surface area contributed by atoms with Gasteiger partial charge in [-0.3, -0.25) is 4.79 Å². The number of nitrogens with one attached hydrogen (secondary N) is 1. The van der Waals surface area contributed by atoms with Crippen molar-refractivity contribution in [2.75, 3.05) is 40.3 Å². The van der Waals surface area contributed by atoms with Crippen LogP contribution in [0.4, 0.5) is 0 Å². The Morgan fingerprint density at radius 1 is 1.47 bits per heavy atom. The summed E-state index contributed by atoms with van der Waals surface area (Å²) in [5.41, 5.74) is 0. The zero-order valence-electron chi connectivity index (χ0n) is 9.53. The first kappa shape index (κ1) is 10.9. The number of carbonyl (C=O) groups is 1. The molecular formula is C11H20N2O2. The van der Waals surface area contributed by atoms with Gasteiger partial charge in [-0.1, -0.05) is 0 Å². The first-order chi connectivity index (χ1) is 7.27. The summed E-state index contributed by atoms with van der Waals surface area (Å²) in [7, 11) is 3.47. The maximum absolute atomic E-state index is 11.3. The second-order valence-electron chi connectivity index (χ2n) is 4.59. The van der Waals surface area contributed by atoms with Gasteiger partial charge >= 0.3 is 5.97 Å². The van der Waals surface area contributed by atoms with E-state index in [1.165, 1.54) is 13.5 Å². The smallest absolute Gasteiger partial charge is 0.309 e. The van der Waals surface area contributed by atoms with Crippen LogP contribution in [0, 0.1) is 17.8 Å². The molecule has 0 spiro atoms. The average Bonchev–Trinajstić information content (AvgIpc) is 2.74. The van der Waals surface area contributed by atoms with E-state index < -0.39 is 0 Å². The topological polar surface area (TPSA) is 41.6 Å². The van der Waals surface area contributed by atoms with Crippen LogP contribution < -0.4 is 5.32 Å². The third-order valence-corrected chi connectivity index (χ3v) is 3.64. The minimum atomic E-state index is -0.000116. The fraction of sp³-hybridized carbons (Fsp3) is 0.909. The Kier molecular flexibility index (Phi) is 3.26. The van der Waals surface area contributed by atoms with Gasteiger partial charge < -0.3 is 15.0 Å². The van der Waals surface area contributed by atoms with Crippen molar-refractivity contribution in [1.29, 1.82) is 0 Å². The van der Waals surface area contributed by atoms with Gasteiger partial charge in [0.15, 0.2) is 0 Å². The molecule has 2 atom stereocenters. The molecular weight excluding hydrogens is 192 g/mol. The molecule has 86 valence electrons. The predicted molar refractivity (Wildman–Crippen MR) is 57.5 cm³/mol. The molecule has 0 aromatic carbocycles. The second kappa shape index (κ2) is 4.49. The molecule has 4 heteroatoms. The molecule has 1 N–H and O–H groups in total. The number of likely N-dealkylation sites (tertiary alicyclic amines) is 1. The summed E-state index contributed by atoms with van der Waals surface area (Å²) in [6.07, 6.45) is 1.19. The van der Waals surface area contributed by atoms with Crippen molar-refractivity contribution < 1.29 is 9.53 Å². The fourth-order valence-corrected chi connectivity index (χ4v) is 2.76. The number of hydrogen-bond acceptors (Lipinski definition) is 4. The van der Waals surface area contributed by atoms with Crippen LogP contribution in [0.3, 0.4) is 0 Å². The van der Waals surface area contributed by atoms with Crippen LogP contribution in [-0.4, -0.2) is 51.2 Å². The Labute approximate surface area is 91.0 Å². The summed E-state index contributed by atoms with van der Waals surface area (Å²) in [5.74, 6) is 1.40. The predicted octanol–water partition coefficient (Wildman–Crippen LogP) is -0.0533. The Hall–Kier alpha value is -0.610. The van der Waals surface area contributed by atoms with Gasteiger partial charge in [0, 0.05) is 13.1 Å². The molecule has 1 aliphatic carbocycles. The molecule has 0 aromatic heterocycles. The van der Waals surface area contributed by atoms with Gasteiger partial charge in [0.1, 0.15) is 0 Å². The molecule has 1 aliphatic heterocycles. The van der Waals surface area contributed by atoms with E-state index in [0.717, 1.165) is 26.2 Å². The summed E-state index contributed by atoms with van der Waals surface area (Å²) in [6.45, 7) is 4.41. The molecule has 0 amide bonds. The van der Waals surface area contributed by atoms with Crippen molar-refractivity contribution in [3.05, 3.63) is 0 Å². The lowest BCUT2D eigenvalue weighted by atomic mass is 10.2. The highest BCUT2D eigenvalue weighted by Crippen LogP contribution is 2.52. The minimum Gasteiger partial charge on any atom is -0.469 e. The Bertz CT molecular complexity index is 233. The molecule has 2 aliphatic rings. The van der Waals surface area contributed by atoms with Gasteiger partial charge in [0.2, 0.25) is 0 Å². The van der Waals surface area contributed by atoms with Gasteiger partial charge in [0.25, 0.3) is 0 Å². The number of carbonyl (C=O) groups excluding carboxylic acids is 1. The number of methoxy groups -OCH3 is 1. The van der Waals surface area contributed by atoms with E-state index in [0.29, 0.717) is 11.8 Å². The van der Waals surface area contributed by atoms with Gasteiger partial charge in [-0.25, -0.2) is 0 Å². The zero-order valence-corrected chi connectivity index (χ0v) is 9.53. The lowest BCUT2D eigenvalue weighted by molar-refractivity contribution is -0.143. The molecule has 1 saturated heterocycles. The average molecular weight is 212 g/mol. The van der Waals surface area contributed by atoms with Crippen LogP contribution in [0.5, 0.6) is 0 Å². The van der Waals surface area contributed by atoms with Gasteiger partial charge in [-0.15, -0.1) is 0 Å². The van der Waals surface area contributed by atoms with E-state index in [4.69, 9.17) is 4.74 Å². The lowest BCUT2D eigenvalue weighted by Crippen LogP contribution is -2.29. The number of fused-ring (bicyclic) bond motifs is 1. The molecule has 0 aromatic rings.